The fraction of sp³-hybridized carbons (Fsp3) is 0.133. The zero-order chi connectivity index (χ0) is 13.1. The standard InChI is InChI=1S/C15H12ClFO/c1-10-2-4-11(5-3-10)8-15(18)12-6-7-14(17)13(16)9-12/h2-7,9H,8H2,1H3. The topological polar surface area (TPSA) is 17.1 Å². The zero-order valence-corrected chi connectivity index (χ0v) is 10.7. The van der Waals surface area contributed by atoms with Crippen molar-refractivity contribution in [3.05, 3.63) is 70.0 Å². The first kappa shape index (κ1) is 12.8. The van der Waals surface area contributed by atoms with Gasteiger partial charge in [-0.25, -0.2) is 4.39 Å². The molecule has 2 rings (SSSR count). The van der Waals surface area contributed by atoms with E-state index < -0.39 is 5.82 Å². The first-order valence-corrected chi connectivity index (χ1v) is 5.98. The molecule has 0 unspecified atom stereocenters. The average molecular weight is 263 g/mol. The van der Waals surface area contributed by atoms with E-state index in [4.69, 9.17) is 11.6 Å². The van der Waals surface area contributed by atoms with Crippen LogP contribution in [0.25, 0.3) is 0 Å². The molecule has 0 saturated heterocycles. The van der Waals surface area contributed by atoms with Gasteiger partial charge in [0.25, 0.3) is 0 Å². The number of halogens is 2. The van der Waals surface area contributed by atoms with E-state index in [-0.39, 0.29) is 10.8 Å². The van der Waals surface area contributed by atoms with Crippen molar-refractivity contribution in [2.75, 3.05) is 0 Å². The van der Waals surface area contributed by atoms with E-state index in [1.165, 1.54) is 18.2 Å². The molecule has 0 N–H and O–H groups in total. The van der Waals surface area contributed by atoms with Gasteiger partial charge in [0.2, 0.25) is 0 Å². The van der Waals surface area contributed by atoms with Crippen LogP contribution in [-0.2, 0) is 6.42 Å². The van der Waals surface area contributed by atoms with E-state index in [0.717, 1.165) is 11.1 Å². The first-order valence-electron chi connectivity index (χ1n) is 5.60. The molecule has 0 aromatic heterocycles. The highest BCUT2D eigenvalue weighted by Crippen LogP contribution is 2.17. The SMILES string of the molecule is Cc1ccc(CC(=O)c2ccc(F)c(Cl)c2)cc1. The minimum Gasteiger partial charge on any atom is -0.294 e. The van der Waals surface area contributed by atoms with Crippen LogP contribution in [0.15, 0.2) is 42.5 Å². The molecular weight excluding hydrogens is 251 g/mol. The molecule has 0 saturated carbocycles. The summed E-state index contributed by atoms with van der Waals surface area (Å²) < 4.78 is 13.0. The third kappa shape index (κ3) is 2.96. The summed E-state index contributed by atoms with van der Waals surface area (Å²) in [6, 6.07) is 11.8. The fourth-order valence-corrected chi connectivity index (χ4v) is 1.84. The molecule has 18 heavy (non-hydrogen) atoms. The van der Waals surface area contributed by atoms with Gasteiger partial charge in [-0.1, -0.05) is 41.4 Å². The Kier molecular flexibility index (Phi) is 3.78. The van der Waals surface area contributed by atoms with Crippen molar-refractivity contribution in [2.45, 2.75) is 13.3 Å². The van der Waals surface area contributed by atoms with Gasteiger partial charge in [-0.15, -0.1) is 0 Å². The van der Waals surface area contributed by atoms with E-state index >= 15 is 0 Å². The number of hydrogen-bond acceptors (Lipinski definition) is 1. The minimum atomic E-state index is -0.511. The maximum Gasteiger partial charge on any atom is 0.167 e. The van der Waals surface area contributed by atoms with Crippen molar-refractivity contribution in [2.24, 2.45) is 0 Å². The highest BCUT2D eigenvalue weighted by Gasteiger charge is 2.09. The summed E-state index contributed by atoms with van der Waals surface area (Å²) in [5.74, 6) is -0.579. The van der Waals surface area contributed by atoms with Gasteiger partial charge in [0.15, 0.2) is 5.78 Å². The van der Waals surface area contributed by atoms with Crippen LogP contribution in [0.2, 0.25) is 5.02 Å². The van der Waals surface area contributed by atoms with E-state index in [9.17, 15) is 9.18 Å². The molecule has 0 aliphatic rings. The van der Waals surface area contributed by atoms with Crippen LogP contribution in [0.3, 0.4) is 0 Å². The predicted octanol–water partition coefficient (Wildman–Crippen LogP) is 4.21. The lowest BCUT2D eigenvalue weighted by molar-refractivity contribution is 0.0993. The van der Waals surface area contributed by atoms with Crippen molar-refractivity contribution in [3.63, 3.8) is 0 Å². The Labute approximate surface area is 110 Å². The summed E-state index contributed by atoms with van der Waals surface area (Å²) >= 11 is 5.65. The maximum atomic E-state index is 13.0. The quantitative estimate of drug-likeness (QED) is 0.757. The molecule has 0 heterocycles. The molecule has 1 nitrogen and oxygen atoms in total. The Bertz CT molecular complexity index is 576. The van der Waals surface area contributed by atoms with Crippen LogP contribution in [0, 0.1) is 12.7 Å². The number of carbonyl (C=O) groups is 1. The van der Waals surface area contributed by atoms with Crippen LogP contribution < -0.4 is 0 Å². The van der Waals surface area contributed by atoms with Crippen molar-refractivity contribution < 1.29 is 9.18 Å². The minimum absolute atomic E-state index is 0.0234. The summed E-state index contributed by atoms with van der Waals surface area (Å²) in [5.41, 5.74) is 2.52. The van der Waals surface area contributed by atoms with E-state index in [1.807, 2.05) is 31.2 Å². The van der Waals surface area contributed by atoms with Gasteiger partial charge < -0.3 is 0 Å². The first-order chi connectivity index (χ1) is 8.56. The predicted molar refractivity (Wildman–Crippen MR) is 70.6 cm³/mol. The largest absolute Gasteiger partial charge is 0.294 e. The second-order valence-electron chi connectivity index (χ2n) is 4.21. The highest BCUT2D eigenvalue weighted by atomic mass is 35.5. The number of Topliss-reactive ketones (excluding diaryl/α,β-unsaturated/α-hetero) is 1. The van der Waals surface area contributed by atoms with Crippen molar-refractivity contribution >= 4 is 17.4 Å². The number of benzene rings is 2. The third-order valence-corrected chi connectivity index (χ3v) is 3.02. The maximum absolute atomic E-state index is 13.0. The van der Waals surface area contributed by atoms with Crippen LogP contribution in [0.5, 0.6) is 0 Å². The molecule has 2 aromatic carbocycles. The smallest absolute Gasteiger partial charge is 0.167 e. The molecule has 3 heteroatoms. The van der Waals surface area contributed by atoms with Crippen LogP contribution in [0.1, 0.15) is 21.5 Å². The lowest BCUT2D eigenvalue weighted by Crippen LogP contribution is -2.03. The Morgan fingerprint density at radius 2 is 1.83 bits per heavy atom. The number of carbonyl (C=O) groups excluding carboxylic acids is 1. The molecule has 92 valence electrons. The second kappa shape index (κ2) is 5.32. The Hall–Kier alpha value is -1.67. The van der Waals surface area contributed by atoms with Gasteiger partial charge in [0.05, 0.1) is 5.02 Å². The highest BCUT2D eigenvalue weighted by molar-refractivity contribution is 6.31. The normalized spacial score (nSPS) is 10.4. The number of ketones is 1. The second-order valence-corrected chi connectivity index (χ2v) is 4.62. The molecular formula is C15H12ClFO. The number of hydrogen-bond donors (Lipinski definition) is 0. The van der Waals surface area contributed by atoms with Gasteiger partial charge in [0.1, 0.15) is 5.82 Å². The number of rotatable bonds is 3. The average Bonchev–Trinajstić information content (AvgIpc) is 2.35. The lowest BCUT2D eigenvalue weighted by Gasteiger charge is -2.03. The third-order valence-electron chi connectivity index (χ3n) is 2.73. The van der Waals surface area contributed by atoms with Gasteiger partial charge >= 0.3 is 0 Å². The number of aryl methyl sites for hydroxylation is 1. The molecule has 0 fully saturated rings. The van der Waals surface area contributed by atoms with Crippen LogP contribution in [-0.4, -0.2) is 5.78 Å². The molecule has 0 atom stereocenters. The molecule has 0 radical (unpaired) electrons. The molecule has 0 spiro atoms. The Morgan fingerprint density at radius 1 is 1.17 bits per heavy atom. The van der Waals surface area contributed by atoms with Crippen LogP contribution in [0.4, 0.5) is 4.39 Å². The molecule has 0 aliphatic carbocycles. The Balaban J connectivity index is 2.16. The van der Waals surface area contributed by atoms with Crippen molar-refractivity contribution in [3.8, 4) is 0 Å². The van der Waals surface area contributed by atoms with E-state index in [1.54, 1.807) is 0 Å². The summed E-state index contributed by atoms with van der Waals surface area (Å²) in [7, 11) is 0. The summed E-state index contributed by atoms with van der Waals surface area (Å²) in [6.07, 6.45) is 0.294. The van der Waals surface area contributed by atoms with Crippen molar-refractivity contribution in [1.29, 1.82) is 0 Å². The van der Waals surface area contributed by atoms with Gasteiger partial charge in [-0.2, -0.15) is 0 Å². The lowest BCUT2D eigenvalue weighted by atomic mass is 10.0. The zero-order valence-electron chi connectivity index (χ0n) is 9.91. The van der Waals surface area contributed by atoms with E-state index in [0.29, 0.717) is 12.0 Å². The van der Waals surface area contributed by atoms with Crippen LogP contribution >= 0.6 is 11.6 Å². The summed E-state index contributed by atoms with van der Waals surface area (Å²) in [6.45, 7) is 1.99. The van der Waals surface area contributed by atoms with Crippen molar-refractivity contribution in [1.82, 2.24) is 0 Å². The molecule has 0 bridgehead atoms. The van der Waals surface area contributed by atoms with E-state index in [2.05, 4.69) is 0 Å². The van der Waals surface area contributed by atoms with Gasteiger partial charge in [-0.05, 0) is 30.7 Å². The molecule has 0 amide bonds. The monoisotopic (exact) mass is 262 g/mol. The summed E-state index contributed by atoms with van der Waals surface area (Å²) in [5, 5.41) is -0.0234. The molecule has 0 aliphatic heterocycles. The van der Waals surface area contributed by atoms with Gasteiger partial charge in [-0.3, -0.25) is 4.79 Å². The Morgan fingerprint density at radius 3 is 2.44 bits per heavy atom. The molecule has 2 aromatic rings. The van der Waals surface area contributed by atoms with Gasteiger partial charge in [0, 0.05) is 12.0 Å². The fourth-order valence-electron chi connectivity index (χ4n) is 1.66. The summed E-state index contributed by atoms with van der Waals surface area (Å²) in [4.78, 5) is 12.0.